The first-order chi connectivity index (χ1) is 25.0. The lowest BCUT2D eigenvalue weighted by Crippen LogP contribution is -2.14. The zero-order chi connectivity index (χ0) is 34.3. The highest BCUT2D eigenvalue weighted by molar-refractivity contribution is 6.25. The molecule has 1 heterocycles. The van der Waals surface area contributed by atoms with Gasteiger partial charge in [-0.3, -0.25) is 0 Å². The number of alkyl halides is 3. The van der Waals surface area contributed by atoms with Crippen molar-refractivity contribution in [1.82, 2.24) is 0 Å². The molecule has 1 nitrogen and oxygen atoms in total. The molecule has 0 fully saturated rings. The average Bonchev–Trinajstić information content (AvgIpc) is 3.54. The molecule has 51 heavy (non-hydrogen) atoms. The molecule has 1 aromatic heterocycles. The predicted octanol–water partition coefficient (Wildman–Crippen LogP) is 14.0. The Bertz CT molecular complexity index is 2840. The van der Waals surface area contributed by atoms with Crippen LogP contribution in [0.4, 0.5) is 13.2 Å². The minimum Gasteiger partial charge on any atom is -0.456 e. The molecule has 0 atom stereocenters. The Balaban J connectivity index is 1.25. The Morgan fingerprint density at radius 1 is 0.490 bits per heavy atom. The molecule has 10 rings (SSSR count). The lowest BCUT2D eigenvalue weighted by atomic mass is 9.82. The minimum absolute atomic E-state index is 0.235. The molecule has 1 aliphatic carbocycles. The predicted molar refractivity (Wildman–Crippen MR) is 205 cm³/mol. The number of hydrogen-bond donors (Lipinski definition) is 0. The highest BCUT2D eigenvalue weighted by atomic mass is 19.4. The van der Waals surface area contributed by atoms with Crippen LogP contribution < -0.4 is 0 Å². The van der Waals surface area contributed by atoms with E-state index in [-0.39, 0.29) is 5.39 Å². The zero-order valence-electron chi connectivity index (χ0n) is 27.4. The number of halogens is 3. The van der Waals surface area contributed by atoms with Crippen molar-refractivity contribution in [3.8, 4) is 33.4 Å². The smallest absolute Gasteiger partial charge is 0.417 e. The van der Waals surface area contributed by atoms with Crippen molar-refractivity contribution in [2.24, 2.45) is 0 Å². The van der Waals surface area contributed by atoms with E-state index in [0.717, 1.165) is 49.4 Å². The molecule has 0 bridgehead atoms. The fourth-order valence-corrected chi connectivity index (χ4v) is 8.54. The van der Waals surface area contributed by atoms with Gasteiger partial charge in [0.1, 0.15) is 11.2 Å². The summed E-state index contributed by atoms with van der Waals surface area (Å²) in [5.41, 5.74) is 8.18. The first kappa shape index (κ1) is 29.8. The van der Waals surface area contributed by atoms with Gasteiger partial charge in [-0.15, -0.1) is 0 Å². The molecule has 0 saturated carbocycles. The SMILES string of the molecule is FC(F)(F)c1c2c(c(-c3ccc4c(c3)oc3cccc(-c5c6ccccc6c(-c6ccccc6)c6ccccc56)c34)c3ccccc13)C=CCC2. The molecular weight excluding hydrogens is 638 g/mol. The summed E-state index contributed by atoms with van der Waals surface area (Å²) < 4.78 is 50.5. The van der Waals surface area contributed by atoms with E-state index >= 15 is 0 Å². The van der Waals surface area contributed by atoms with Crippen molar-refractivity contribution in [3.63, 3.8) is 0 Å². The van der Waals surface area contributed by atoms with Crippen molar-refractivity contribution < 1.29 is 17.6 Å². The van der Waals surface area contributed by atoms with Gasteiger partial charge in [0.25, 0.3) is 0 Å². The van der Waals surface area contributed by atoms with Gasteiger partial charge in [0.2, 0.25) is 0 Å². The summed E-state index contributed by atoms with van der Waals surface area (Å²) in [6.45, 7) is 0. The second-order valence-corrected chi connectivity index (χ2v) is 13.3. The Morgan fingerprint density at radius 2 is 1.10 bits per heavy atom. The Labute approximate surface area is 291 Å². The molecule has 4 heteroatoms. The maximum Gasteiger partial charge on any atom is 0.417 e. The van der Waals surface area contributed by atoms with Crippen LogP contribution in [0.2, 0.25) is 0 Å². The molecule has 0 amide bonds. The van der Waals surface area contributed by atoms with Gasteiger partial charge in [0.05, 0.1) is 5.56 Å². The van der Waals surface area contributed by atoms with Crippen molar-refractivity contribution in [2.45, 2.75) is 19.0 Å². The van der Waals surface area contributed by atoms with E-state index in [2.05, 4.69) is 84.9 Å². The summed E-state index contributed by atoms with van der Waals surface area (Å²) in [6, 6.07) is 47.0. The number of hydrogen-bond acceptors (Lipinski definition) is 1. The third kappa shape index (κ3) is 4.49. The lowest BCUT2D eigenvalue weighted by molar-refractivity contribution is -0.136. The van der Waals surface area contributed by atoms with E-state index in [1.807, 2.05) is 48.6 Å². The molecule has 0 N–H and O–H groups in total. The molecule has 0 radical (unpaired) electrons. The normalized spacial score (nSPS) is 13.2. The summed E-state index contributed by atoms with van der Waals surface area (Å²) in [7, 11) is 0. The van der Waals surface area contributed by atoms with Crippen molar-refractivity contribution in [3.05, 3.63) is 162 Å². The Morgan fingerprint density at radius 3 is 1.76 bits per heavy atom. The zero-order valence-corrected chi connectivity index (χ0v) is 27.4. The highest BCUT2D eigenvalue weighted by Crippen LogP contribution is 2.49. The van der Waals surface area contributed by atoms with Crippen LogP contribution in [-0.4, -0.2) is 0 Å². The summed E-state index contributed by atoms with van der Waals surface area (Å²) in [4.78, 5) is 0. The number of benzene rings is 8. The molecule has 0 unspecified atom stereocenters. The van der Waals surface area contributed by atoms with Gasteiger partial charge < -0.3 is 4.42 Å². The third-order valence-electron chi connectivity index (χ3n) is 10.5. The van der Waals surface area contributed by atoms with Crippen molar-refractivity contribution in [2.75, 3.05) is 0 Å². The molecule has 1 aliphatic rings. The average molecular weight is 667 g/mol. The highest BCUT2D eigenvalue weighted by Gasteiger charge is 2.38. The maximum atomic E-state index is 14.6. The van der Waals surface area contributed by atoms with Crippen LogP contribution in [0.1, 0.15) is 23.1 Å². The van der Waals surface area contributed by atoms with Crippen LogP contribution in [0.3, 0.4) is 0 Å². The Hall–Kier alpha value is -6.13. The molecule has 9 aromatic rings. The molecule has 244 valence electrons. The number of fused-ring (bicyclic) bond motifs is 7. The lowest BCUT2D eigenvalue weighted by Gasteiger charge is -2.24. The molecule has 0 saturated heterocycles. The Kier molecular flexibility index (Phi) is 6.53. The first-order valence-corrected chi connectivity index (χ1v) is 17.2. The first-order valence-electron chi connectivity index (χ1n) is 17.2. The molecule has 8 aromatic carbocycles. The summed E-state index contributed by atoms with van der Waals surface area (Å²) in [5.74, 6) is 0. The van der Waals surface area contributed by atoms with Gasteiger partial charge in [-0.1, -0.05) is 133 Å². The molecular formula is C47H29F3O. The second kappa shape index (κ2) is 11.2. The number of rotatable bonds is 3. The van der Waals surface area contributed by atoms with Crippen LogP contribution in [0.5, 0.6) is 0 Å². The standard InChI is InChI=1S/C47H29F3O/c48-47(49,50)46-36-21-10-8-19-34(36)43(35-20-9-11-22-37(35)46)29-25-26-38-41(27-29)51-40-24-12-23-39(45(38)40)44-32-17-6-4-15-30(32)42(28-13-2-1-3-14-28)31-16-5-7-18-33(31)44/h1-10,12-21,23-27H,11,22H2. The number of allylic oxidation sites excluding steroid dienone is 1. The summed E-state index contributed by atoms with van der Waals surface area (Å²) >= 11 is 0. The maximum absolute atomic E-state index is 14.6. The largest absolute Gasteiger partial charge is 0.456 e. The van der Waals surface area contributed by atoms with Crippen LogP contribution in [0.25, 0.3) is 93.7 Å². The summed E-state index contributed by atoms with van der Waals surface area (Å²) in [6.07, 6.45) is 0.311. The van der Waals surface area contributed by atoms with Crippen LogP contribution in [-0.2, 0) is 12.6 Å². The van der Waals surface area contributed by atoms with E-state index in [1.165, 1.54) is 21.9 Å². The fraction of sp³-hybridized carbons (Fsp3) is 0.0638. The van der Waals surface area contributed by atoms with E-state index < -0.39 is 11.7 Å². The monoisotopic (exact) mass is 666 g/mol. The molecule has 0 aliphatic heterocycles. The van der Waals surface area contributed by atoms with E-state index in [1.54, 1.807) is 18.2 Å². The van der Waals surface area contributed by atoms with Gasteiger partial charge >= 0.3 is 6.18 Å². The van der Waals surface area contributed by atoms with Gasteiger partial charge in [-0.05, 0) is 108 Å². The van der Waals surface area contributed by atoms with Gasteiger partial charge in [-0.25, -0.2) is 0 Å². The van der Waals surface area contributed by atoms with Crippen LogP contribution in [0.15, 0.2) is 150 Å². The third-order valence-corrected chi connectivity index (χ3v) is 10.5. The van der Waals surface area contributed by atoms with Crippen LogP contribution >= 0.6 is 0 Å². The molecule has 0 spiro atoms. The quantitative estimate of drug-likeness (QED) is 0.171. The second-order valence-electron chi connectivity index (χ2n) is 13.3. The van der Waals surface area contributed by atoms with Gasteiger partial charge in [-0.2, -0.15) is 13.2 Å². The fourth-order valence-electron chi connectivity index (χ4n) is 8.54. The van der Waals surface area contributed by atoms with E-state index in [4.69, 9.17) is 4.42 Å². The van der Waals surface area contributed by atoms with Crippen LogP contribution in [0, 0.1) is 0 Å². The van der Waals surface area contributed by atoms with Crippen molar-refractivity contribution >= 4 is 60.3 Å². The topological polar surface area (TPSA) is 13.1 Å². The van der Waals surface area contributed by atoms with E-state index in [9.17, 15) is 13.2 Å². The summed E-state index contributed by atoms with van der Waals surface area (Å²) in [5, 5.41) is 7.46. The van der Waals surface area contributed by atoms with Crippen molar-refractivity contribution in [1.29, 1.82) is 0 Å². The van der Waals surface area contributed by atoms with Gasteiger partial charge in [0.15, 0.2) is 0 Å². The van der Waals surface area contributed by atoms with Gasteiger partial charge in [0, 0.05) is 10.8 Å². The van der Waals surface area contributed by atoms with E-state index in [0.29, 0.717) is 34.9 Å². The number of furan rings is 1. The minimum atomic E-state index is -4.46.